The number of alkyl carbamates (subject to hydrolysis) is 1. The van der Waals surface area contributed by atoms with Gasteiger partial charge in [0.05, 0.1) is 0 Å². The predicted octanol–water partition coefficient (Wildman–Crippen LogP) is 3.92. The molecule has 1 N–H and O–H groups in total. The van der Waals surface area contributed by atoms with Gasteiger partial charge >= 0.3 is 6.09 Å². The number of rotatable bonds is 5. The highest BCUT2D eigenvalue weighted by molar-refractivity contribution is 5.67. The molecular weight excluding hydrogens is 250 g/mol. The van der Waals surface area contributed by atoms with Crippen LogP contribution < -0.4 is 5.32 Å². The highest BCUT2D eigenvalue weighted by Crippen LogP contribution is 2.51. The first-order valence-corrected chi connectivity index (χ1v) is 7.39. The van der Waals surface area contributed by atoms with Crippen molar-refractivity contribution in [2.75, 3.05) is 6.54 Å². The number of nitrogens with one attached hydrogen (secondary N) is 1. The van der Waals surface area contributed by atoms with Crippen LogP contribution >= 0.6 is 0 Å². The lowest BCUT2D eigenvalue weighted by atomic mass is 9.93. The fraction of sp³-hybridized carbons (Fsp3) is 0.588. The van der Waals surface area contributed by atoms with E-state index >= 15 is 0 Å². The first kappa shape index (κ1) is 14.9. The molecule has 1 aliphatic rings. The molecule has 0 spiro atoms. The Balaban J connectivity index is 1.73. The molecule has 1 aromatic carbocycles. The summed E-state index contributed by atoms with van der Waals surface area (Å²) in [5, 5.41) is 2.86. The summed E-state index contributed by atoms with van der Waals surface area (Å²) in [5.74, 6) is 0. The summed E-state index contributed by atoms with van der Waals surface area (Å²) in [7, 11) is 0. The fourth-order valence-electron chi connectivity index (χ4n) is 2.46. The van der Waals surface area contributed by atoms with Gasteiger partial charge in [-0.25, -0.2) is 4.79 Å². The summed E-state index contributed by atoms with van der Waals surface area (Å²) in [6.45, 7) is 6.33. The summed E-state index contributed by atoms with van der Waals surface area (Å²) < 4.78 is 5.24. The summed E-state index contributed by atoms with van der Waals surface area (Å²) in [5.41, 5.74) is 1.36. The van der Waals surface area contributed by atoms with Gasteiger partial charge in [-0.3, -0.25) is 0 Å². The second kappa shape index (κ2) is 5.86. The Morgan fingerprint density at radius 2 is 1.90 bits per heavy atom. The van der Waals surface area contributed by atoms with Gasteiger partial charge in [0.15, 0.2) is 0 Å². The quantitative estimate of drug-likeness (QED) is 0.884. The smallest absolute Gasteiger partial charge is 0.407 e. The second-order valence-corrected chi connectivity index (χ2v) is 6.84. The molecule has 0 unspecified atom stereocenters. The van der Waals surface area contributed by atoms with Crippen molar-refractivity contribution in [2.24, 2.45) is 5.41 Å². The Bertz CT molecular complexity index is 444. The third-order valence-electron chi connectivity index (χ3n) is 3.70. The summed E-state index contributed by atoms with van der Waals surface area (Å²) in [4.78, 5) is 11.6. The number of benzene rings is 1. The third-order valence-corrected chi connectivity index (χ3v) is 3.70. The fourth-order valence-corrected chi connectivity index (χ4v) is 2.46. The average Bonchev–Trinajstić information content (AvgIpc) is 3.08. The minimum Gasteiger partial charge on any atom is -0.444 e. The van der Waals surface area contributed by atoms with Crippen LogP contribution in [-0.4, -0.2) is 18.2 Å². The molecule has 3 nitrogen and oxygen atoms in total. The monoisotopic (exact) mass is 275 g/mol. The van der Waals surface area contributed by atoms with E-state index in [2.05, 4.69) is 29.6 Å². The molecule has 0 bridgehead atoms. The van der Waals surface area contributed by atoms with Gasteiger partial charge in [-0.05, 0) is 57.4 Å². The molecule has 0 heterocycles. The molecule has 110 valence electrons. The van der Waals surface area contributed by atoms with Gasteiger partial charge in [0.2, 0.25) is 0 Å². The Morgan fingerprint density at radius 1 is 1.25 bits per heavy atom. The molecule has 0 radical (unpaired) electrons. The third kappa shape index (κ3) is 4.87. The average molecular weight is 275 g/mol. The van der Waals surface area contributed by atoms with Crippen LogP contribution in [0.2, 0.25) is 0 Å². The first-order valence-electron chi connectivity index (χ1n) is 7.39. The van der Waals surface area contributed by atoms with Gasteiger partial charge in [-0.2, -0.15) is 0 Å². The van der Waals surface area contributed by atoms with E-state index in [1.807, 2.05) is 26.8 Å². The van der Waals surface area contributed by atoms with Crippen LogP contribution in [-0.2, 0) is 11.2 Å². The van der Waals surface area contributed by atoms with Crippen LogP contribution in [0.4, 0.5) is 4.79 Å². The van der Waals surface area contributed by atoms with E-state index in [4.69, 9.17) is 4.74 Å². The molecule has 0 atom stereocenters. The molecule has 0 saturated heterocycles. The van der Waals surface area contributed by atoms with Gasteiger partial charge in [0.25, 0.3) is 0 Å². The molecule has 0 aliphatic heterocycles. The molecule has 3 heteroatoms. The van der Waals surface area contributed by atoms with E-state index in [1.54, 1.807) is 0 Å². The van der Waals surface area contributed by atoms with Crippen molar-refractivity contribution in [3.05, 3.63) is 35.9 Å². The first-order chi connectivity index (χ1) is 9.39. The molecule has 1 aliphatic carbocycles. The largest absolute Gasteiger partial charge is 0.444 e. The molecule has 1 aromatic rings. The Morgan fingerprint density at radius 3 is 2.45 bits per heavy atom. The van der Waals surface area contributed by atoms with Crippen molar-refractivity contribution in [1.82, 2.24) is 5.32 Å². The summed E-state index contributed by atoms with van der Waals surface area (Å²) >= 11 is 0. The number of hydrogen-bond acceptors (Lipinski definition) is 2. The van der Waals surface area contributed by atoms with Crippen LogP contribution in [0.15, 0.2) is 30.3 Å². The Hall–Kier alpha value is -1.51. The molecular formula is C17H25NO2. The van der Waals surface area contributed by atoms with Crippen molar-refractivity contribution < 1.29 is 9.53 Å². The van der Waals surface area contributed by atoms with E-state index in [0.29, 0.717) is 12.0 Å². The standard InChI is InChI=1S/C17H25NO2/c1-16(2,3)20-15(19)18-12-11-17(9-10-17)13-14-7-5-4-6-8-14/h4-8H,9-13H2,1-3H3,(H,18,19). The zero-order valence-electron chi connectivity index (χ0n) is 12.7. The Kier molecular flexibility index (Phi) is 4.36. The van der Waals surface area contributed by atoms with Gasteiger partial charge < -0.3 is 10.1 Å². The number of amides is 1. The van der Waals surface area contributed by atoms with Gasteiger partial charge in [-0.15, -0.1) is 0 Å². The van der Waals surface area contributed by atoms with Crippen LogP contribution in [0.5, 0.6) is 0 Å². The lowest BCUT2D eigenvalue weighted by Crippen LogP contribution is -2.33. The number of ether oxygens (including phenoxy) is 1. The zero-order chi connectivity index (χ0) is 14.6. The SMILES string of the molecule is CC(C)(C)OC(=O)NCCC1(Cc2ccccc2)CC1. The second-order valence-electron chi connectivity index (χ2n) is 6.84. The molecule has 2 rings (SSSR count). The predicted molar refractivity (Wildman–Crippen MR) is 80.7 cm³/mol. The highest BCUT2D eigenvalue weighted by atomic mass is 16.6. The maximum Gasteiger partial charge on any atom is 0.407 e. The molecule has 20 heavy (non-hydrogen) atoms. The van der Waals surface area contributed by atoms with E-state index in [0.717, 1.165) is 12.8 Å². The van der Waals surface area contributed by atoms with Crippen LogP contribution in [0, 0.1) is 5.41 Å². The van der Waals surface area contributed by atoms with Gasteiger partial charge in [-0.1, -0.05) is 30.3 Å². The van der Waals surface area contributed by atoms with Crippen molar-refractivity contribution in [2.45, 2.75) is 52.1 Å². The van der Waals surface area contributed by atoms with Crippen molar-refractivity contribution in [3.8, 4) is 0 Å². The topological polar surface area (TPSA) is 38.3 Å². The lowest BCUT2D eigenvalue weighted by Gasteiger charge is -2.20. The van der Waals surface area contributed by atoms with Gasteiger partial charge in [0.1, 0.15) is 5.60 Å². The zero-order valence-corrected chi connectivity index (χ0v) is 12.7. The highest BCUT2D eigenvalue weighted by Gasteiger charge is 2.41. The van der Waals surface area contributed by atoms with Gasteiger partial charge in [0, 0.05) is 6.54 Å². The number of carbonyl (C=O) groups is 1. The molecule has 0 aromatic heterocycles. The lowest BCUT2D eigenvalue weighted by molar-refractivity contribution is 0.0524. The molecule has 1 amide bonds. The van der Waals surface area contributed by atoms with E-state index in [1.165, 1.54) is 18.4 Å². The summed E-state index contributed by atoms with van der Waals surface area (Å²) in [6, 6.07) is 10.6. The number of hydrogen-bond donors (Lipinski definition) is 1. The van der Waals surface area contributed by atoms with Crippen LogP contribution in [0.25, 0.3) is 0 Å². The van der Waals surface area contributed by atoms with Crippen molar-refractivity contribution in [1.29, 1.82) is 0 Å². The van der Waals surface area contributed by atoms with E-state index in [9.17, 15) is 4.79 Å². The normalized spacial score (nSPS) is 16.6. The summed E-state index contributed by atoms with van der Waals surface area (Å²) in [6.07, 6.45) is 4.36. The van der Waals surface area contributed by atoms with Crippen LogP contribution in [0.3, 0.4) is 0 Å². The van der Waals surface area contributed by atoms with Crippen LogP contribution in [0.1, 0.15) is 45.6 Å². The maximum absolute atomic E-state index is 11.6. The van der Waals surface area contributed by atoms with E-state index in [-0.39, 0.29) is 6.09 Å². The van der Waals surface area contributed by atoms with Crippen molar-refractivity contribution >= 4 is 6.09 Å². The molecule has 1 fully saturated rings. The Labute approximate surface area is 121 Å². The minimum absolute atomic E-state index is 0.312. The minimum atomic E-state index is -0.425. The molecule has 1 saturated carbocycles. The van der Waals surface area contributed by atoms with E-state index < -0.39 is 5.60 Å². The number of carbonyl (C=O) groups excluding carboxylic acids is 1. The maximum atomic E-state index is 11.6. The van der Waals surface area contributed by atoms with Crippen molar-refractivity contribution in [3.63, 3.8) is 0 Å².